The Morgan fingerprint density at radius 3 is 2.40 bits per heavy atom. The van der Waals surface area contributed by atoms with Crippen LogP contribution in [0.5, 0.6) is 11.5 Å². The average molecular weight is 315 g/mol. The summed E-state index contributed by atoms with van der Waals surface area (Å²) in [6.45, 7) is 7.30. The highest BCUT2D eigenvalue weighted by Gasteiger charge is 2.24. The molecule has 0 amide bonds. The van der Waals surface area contributed by atoms with Gasteiger partial charge in [-0.1, -0.05) is 17.7 Å². The van der Waals surface area contributed by atoms with Crippen LogP contribution in [0.15, 0.2) is 29.3 Å². The first kappa shape index (κ1) is 17.0. The number of carbonyl (C=O) groups is 1. The van der Waals surface area contributed by atoms with Crippen LogP contribution in [0.2, 0.25) is 0 Å². The van der Waals surface area contributed by atoms with E-state index in [1.165, 1.54) is 0 Å². The molecule has 0 saturated carbocycles. The molecule has 0 bridgehead atoms. The third-order valence-corrected chi connectivity index (χ3v) is 3.21. The molecule has 0 aliphatic rings. The summed E-state index contributed by atoms with van der Waals surface area (Å²) in [4.78, 5) is 11.9. The molecule has 1 atom stereocenters. The lowest BCUT2D eigenvalue weighted by Crippen LogP contribution is -2.25. The minimum Gasteiger partial charge on any atom is -0.480 e. The van der Waals surface area contributed by atoms with Crippen molar-refractivity contribution in [1.29, 1.82) is 0 Å². The molecule has 5 heteroatoms. The Morgan fingerprint density at radius 2 is 1.90 bits per heavy atom. The van der Waals surface area contributed by atoms with Gasteiger partial charge in [0.25, 0.3) is 0 Å². The molecular formula is C15H20ClO3P. The average Bonchev–Trinajstić information content (AvgIpc) is 2.37. The Kier molecular flexibility index (Phi) is 6.04. The van der Waals surface area contributed by atoms with Crippen molar-refractivity contribution >= 4 is 27.0 Å². The molecule has 0 aromatic heterocycles. The first-order valence-corrected chi connectivity index (χ1v) is 7.15. The molecule has 20 heavy (non-hydrogen) atoms. The minimum atomic E-state index is -0.557. The van der Waals surface area contributed by atoms with E-state index < -0.39 is 5.41 Å². The monoisotopic (exact) mass is 314 g/mol. The Bertz CT molecular complexity index is 518. The van der Waals surface area contributed by atoms with Gasteiger partial charge in [0.1, 0.15) is 11.5 Å². The third-order valence-electron chi connectivity index (χ3n) is 2.59. The van der Waals surface area contributed by atoms with Gasteiger partial charge in [-0.05, 0) is 45.4 Å². The number of hydrogen-bond acceptors (Lipinski definition) is 3. The van der Waals surface area contributed by atoms with Crippen LogP contribution in [0, 0.1) is 5.41 Å². The van der Waals surface area contributed by atoms with Crippen LogP contribution in [-0.2, 0) is 11.2 Å². The van der Waals surface area contributed by atoms with Gasteiger partial charge in [-0.2, -0.15) is 0 Å². The number of hydrogen-bond donors (Lipinski definition) is 0. The van der Waals surface area contributed by atoms with Crippen LogP contribution in [-0.4, -0.2) is 5.97 Å². The largest absolute Gasteiger partial charge is 0.480 e. The van der Waals surface area contributed by atoms with Crippen molar-refractivity contribution in [3.05, 3.63) is 34.9 Å². The molecule has 0 radical (unpaired) electrons. The van der Waals surface area contributed by atoms with E-state index in [1.54, 1.807) is 12.1 Å². The second-order valence-electron chi connectivity index (χ2n) is 5.48. The van der Waals surface area contributed by atoms with E-state index in [9.17, 15) is 4.79 Å². The lowest BCUT2D eigenvalue weighted by atomic mass is 9.97. The van der Waals surface area contributed by atoms with Crippen LogP contribution in [0.1, 0.15) is 33.3 Å². The highest BCUT2D eigenvalue weighted by molar-refractivity contribution is 7.10. The molecule has 0 fully saturated rings. The Morgan fingerprint density at radius 1 is 1.30 bits per heavy atom. The van der Waals surface area contributed by atoms with Crippen LogP contribution in [0.4, 0.5) is 0 Å². The SMILES string of the molecule is C/C=C(/Cl)Cc1cc(OP)cc(OC(=O)C(C)(C)C)c1. The van der Waals surface area contributed by atoms with Gasteiger partial charge >= 0.3 is 5.97 Å². The number of benzene rings is 1. The molecular weight excluding hydrogens is 295 g/mol. The number of halogens is 1. The van der Waals surface area contributed by atoms with E-state index in [0.29, 0.717) is 17.9 Å². The summed E-state index contributed by atoms with van der Waals surface area (Å²) in [6, 6.07) is 5.32. The van der Waals surface area contributed by atoms with E-state index in [2.05, 4.69) is 9.47 Å². The Hall–Kier alpha value is -1.05. The van der Waals surface area contributed by atoms with Crippen molar-refractivity contribution in [2.45, 2.75) is 34.1 Å². The number of ether oxygens (including phenoxy) is 1. The summed E-state index contributed by atoms with van der Waals surface area (Å²) in [7, 11) is 2.18. The van der Waals surface area contributed by atoms with Crippen molar-refractivity contribution in [2.24, 2.45) is 5.41 Å². The third kappa shape index (κ3) is 5.15. The van der Waals surface area contributed by atoms with E-state index in [1.807, 2.05) is 39.8 Å². The van der Waals surface area contributed by atoms with Crippen molar-refractivity contribution in [3.8, 4) is 11.5 Å². The molecule has 0 aliphatic heterocycles. The molecule has 3 nitrogen and oxygen atoms in total. The fraction of sp³-hybridized carbons (Fsp3) is 0.400. The van der Waals surface area contributed by atoms with E-state index in [-0.39, 0.29) is 5.97 Å². The van der Waals surface area contributed by atoms with Crippen molar-refractivity contribution in [1.82, 2.24) is 0 Å². The van der Waals surface area contributed by atoms with Gasteiger partial charge in [-0.3, -0.25) is 4.79 Å². The zero-order valence-electron chi connectivity index (χ0n) is 12.2. The lowest BCUT2D eigenvalue weighted by Gasteiger charge is -2.17. The summed E-state index contributed by atoms with van der Waals surface area (Å²) >= 11 is 6.03. The Balaban J connectivity index is 3.02. The number of rotatable bonds is 4. The normalized spacial score (nSPS) is 12.2. The summed E-state index contributed by atoms with van der Waals surface area (Å²) in [5.74, 6) is 0.770. The van der Waals surface area contributed by atoms with Gasteiger partial charge in [0.15, 0.2) is 0 Å². The zero-order chi connectivity index (χ0) is 15.3. The van der Waals surface area contributed by atoms with Crippen molar-refractivity contribution in [3.63, 3.8) is 0 Å². The van der Waals surface area contributed by atoms with Gasteiger partial charge in [-0.15, -0.1) is 0 Å². The highest BCUT2D eigenvalue weighted by Crippen LogP contribution is 2.28. The number of allylic oxidation sites excluding steroid dienone is 2. The van der Waals surface area contributed by atoms with Gasteiger partial charge < -0.3 is 9.26 Å². The van der Waals surface area contributed by atoms with Crippen molar-refractivity contribution < 1.29 is 14.1 Å². The van der Waals surface area contributed by atoms with Crippen LogP contribution < -0.4 is 9.26 Å². The molecule has 1 aromatic rings. The first-order chi connectivity index (χ1) is 9.26. The topological polar surface area (TPSA) is 35.5 Å². The molecule has 0 spiro atoms. The second kappa shape index (κ2) is 7.10. The quantitative estimate of drug-likeness (QED) is 0.466. The first-order valence-electron chi connectivity index (χ1n) is 6.30. The summed E-state index contributed by atoms with van der Waals surface area (Å²) in [5.41, 5.74) is 0.364. The Labute approximate surface area is 127 Å². The van der Waals surface area contributed by atoms with Crippen molar-refractivity contribution in [2.75, 3.05) is 0 Å². The minimum absolute atomic E-state index is 0.290. The second-order valence-corrected chi connectivity index (χ2v) is 6.20. The predicted molar refractivity (Wildman–Crippen MR) is 85.2 cm³/mol. The van der Waals surface area contributed by atoms with Gasteiger partial charge in [0, 0.05) is 17.5 Å². The van der Waals surface area contributed by atoms with Crippen LogP contribution >= 0.6 is 21.1 Å². The van der Waals surface area contributed by atoms with Crippen LogP contribution in [0.3, 0.4) is 0 Å². The van der Waals surface area contributed by atoms with E-state index in [4.69, 9.17) is 20.9 Å². The molecule has 0 heterocycles. The fourth-order valence-electron chi connectivity index (χ4n) is 1.42. The summed E-state index contributed by atoms with van der Waals surface area (Å²) in [6.07, 6.45) is 2.40. The standard InChI is InChI=1S/C15H20ClO3P/c1-5-11(16)6-10-7-12(9-13(8-10)19-20)18-14(17)15(2,3)4/h5,7-9H,6,20H2,1-4H3/b11-5+. The zero-order valence-corrected chi connectivity index (χ0v) is 14.1. The summed E-state index contributed by atoms with van der Waals surface area (Å²) < 4.78 is 10.5. The van der Waals surface area contributed by atoms with E-state index in [0.717, 1.165) is 10.6 Å². The maximum atomic E-state index is 11.9. The summed E-state index contributed by atoms with van der Waals surface area (Å²) in [5, 5.41) is 0.721. The molecule has 0 aliphatic carbocycles. The predicted octanol–water partition coefficient (Wildman–Crippen LogP) is 4.49. The highest BCUT2D eigenvalue weighted by atomic mass is 35.5. The fourth-order valence-corrected chi connectivity index (χ4v) is 1.71. The lowest BCUT2D eigenvalue weighted by molar-refractivity contribution is -0.142. The van der Waals surface area contributed by atoms with Crippen LogP contribution in [0.25, 0.3) is 0 Å². The smallest absolute Gasteiger partial charge is 0.316 e. The molecule has 110 valence electrons. The van der Waals surface area contributed by atoms with Gasteiger partial charge in [0.2, 0.25) is 0 Å². The maximum absolute atomic E-state index is 11.9. The van der Waals surface area contributed by atoms with E-state index >= 15 is 0 Å². The molecule has 1 aromatic carbocycles. The maximum Gasteiger partial charge on any atom is 0.316 e. The number of carbonyl (C=O) groups excluding carboxylic acids is 1. The molecule has 1 unspecified atom stereocenters. The molecule has 1 rings (SSSR count). The molecule has 0 saturated heterocycles. The van der Waals surface area contributed by atoms with Gasteiger partial charge in [-0.25, -0.2) is 0 Å². The van der Waals surface area contributed by atoms with Gasteiger partial charge in [0.05, 0.1) is 14.9 Å². The molecule has 0 N–H and O–H groups in total. The number of esters is 1.